The van der Waals surface area contributed by atoms with E-state index in [4.69, 9.17) is 4.74 Å². The first kappa shape index (κ1) is 11.0. The van der Waals surface area contributed by atoms with Gasteiger partial charge in [-0.1, -0.05) is 20.3 Å². The van der Waals surface area contributed by atoms with Crippen molar-refractivity contribution in [3.8, 4) is 0 Å². The minimum atomic E-state index is -0.585. The molecule has 2 nitrogen and oxygen atoms in total. The van der Waals surface area contributed by atoms with Crippen molar-refractivity contribution >= 4 is 0 Å². The quantitative estimate of drug-likeness (QED) is 0.721. The predicted molar refractivity (Wildman–Crippen MR) is 60.4 cm³/mol. The van der Waals surface area contributed by atoms with Crippen LogP contribution in [0.1, 0.15) is 46.0 Å². The molecule has 0 aromatic carbocycles. The molecule has 1 aliphatic carbocycles. The largest absolute Gasteiger partial charge is 0.501 e. The summed E-state index contributed by atoms with van der Waals surface area (Å²) in [7, 11) is 0. The van der Waals surface area contributed by atoms with Crippen molar-refractivity contribution in [3.63, 3.8) is 0 Å². The van der Waals surface area contributed by atoms with Crippen LogP contribution in [0.15, 0.2) is 11.8 Å². The van der Waals surface area contributed by atoms with E-state index in [-0.39, 0.29) is 0 Å². The third kappa shape index (κ3) is 1.92. The van der Waals surface area contributed by atoms with Crippen molar-refractivity contribution in [2.45, 2.75) is 51.6 Å². The van der Waals surface area contributed by atoms with Crippen molar-refractivity contribution in [2.75, 3.05) is 6.61 Å². The Labute approximate surface area is 92.3 Å². The van der Waals surface area contributed by atoms with Crippen molar-refractivity contribution in [1.29, 1.82) is 0 Å². The van der Waals surface area contributed by atoms with Gasteiger partial charge in [-0.05, 0) is 43.1 Å². The maximum Gasteiger partial charge on any atom is 0.0916 e. The molecule has 15 heavy (non-hydrogen) atoms. The predicted octanol–water partition coefficient (Wildman–Crippen LogP) is 2.87. The van der Waals surface area contributed by atoms with E-state index in [0.717, 1.165) is 37.9 Å². The van der Waals surface area contributed by atoms with Crippen LogP contribution in [0.25, 0.3) is 0 Å². The molecule has 2 aliphatic rings. The maximum atomic E-state index is 10.8. The molecule has 0 aromatic heterocycles. The van der Waals surface area contributed by atoms with Crippen LogP contribution in [0.3, 0.4) is 0 Å². The van der Waals surface area contributed by atoms with Crippen LogP contribution in [-0.4, -0.2) is 17.3 Å². The fourth-order valence-electron chi connectivity index (χ4n) is 2.98. The van der Waals surface area contributed by atoms with E-state index in [1.165, 1.54) is 6.42 Å². The lowest BCUT2D eigenvalue weighted by Crippen LogP contribution is -2.45. The number of ether oxygens (including phenoxy) is 1. The number of aliphatic hydroxyl groups is 1. The lowest BCUT2D eigenvalue weighted by atomic mass is 9.66. The van der Waals surface area contributed by atoms with Gasteiger partial charge in [0.1, 0.15) is 0 Å². The van der Waals surface area contributed by atoms with Gasteiger partial charge in [0.25, 0.3) is 0 Å². The van der Waals surface area contributed by atoms with Gasteiger partial charge in [0, 0.05) is 0 Å². The maximum absolute atomic E-state index is 10.8. The van der Waals surface area contributed by atoms with Crippen molar-refractivity contribution in [2.24, 2.45) is 11.8 Å². The minimum absolute atomic E-state index is 0.360. The summed E-state index contributed by atoms with van der Waals surface area (Å²) in [6.07, 6.45) is 7.17. The van der Waals surface area contributed by atoms with E-state index in [9.17, 15) is 5.11 Å². The molecular weight excluding hydrogens is 188 g/mol. The normalized spacial score (nSPS) is 41.9. The Balaban J connectivity index is 2.19. The third-order valence-electron chi connectivity index (χ3n) is 4.31. The molecule has 0 spiro atoms. The summed E-state index contributed by atoms with van der Waals surface area (Å²) >= 11 is 0. The zero-order valence-corrected chi connectivity index (χ0v) is 9.83. The molecule has 3 atom stereocenters. The highest BCUT2D eigenvalue weighted by atomic mass is 16.5. The summed E-state index contributed by atoms with van der Waals surface area (Å²) in [5.41, 5.74) is 0.547. The van der Waals surface area contributed by atoms with Gasteiger partial charge >= 0.3 is 0 Å². The Morgan fingerprint density at radius 2 is 2.20 bits per heavy atom. The van der Waals surface area contributed by atoms with E-state index in [0.29, 0.717) is 11.8 Å². The Hall–Kier alpha value is -0.500. The second kappa shape index (κ2) is 4.17. The molecule has 0 radical (unpaired) electrons. The smallest absolute Gasteiger partial charge is 0.0916 e. The molecule has 1 fully saturated rings. The fourth-order valence-corrected chi connectivity index (χ4v) is 2.98. The summed E-state index contributed by atoms with van der Waals surface area (Å²) in [6, 6.07) is 0. The van der Waals surface area contributed by atoms with Crippen molar-refractivity contribution in [3.05, 3.63) is 11.8 Å². The lowest BCUT2D eigenvalue weighted by Gasteiger charge is -2.44. The SMILES string of the molecule is CC1CCCC(O)(C2=COCCC2)C1C. The molecule has 3 unspecified atom stereocenters. The van der Waals surface area contributed by atoms with Crippen LogP contribution in [0.4, 0.5) is 0 Å². The third-order valence-corrected chi connectivity index (χ3v) is 4.31. The molecule has 0 amide bonds. The molecule has 86 valence electrons. The van der Waals surface area contributed by atoms with Gasteiger partial charge in [0.05, 0.1) is 18.5 Å². The molecular formula is C13H22O2. The summed E-state index contributed by atoms with van der Waals surface area (Å²) in [6.45, 7) is 5.24. The molecule has 1 heterocycles. The highest BCUT2D eigenvalue weighted by Crippen LogP contribution is 2.43. The van der Waals surface area contributed by atoms with E-state index >= 15 is 0 Å². The zero-order valence-electron chi connectivity index (χ0n) is 9.83. The first-order valence-corrected chi connectivity index (χ1v) is 6.18. The van der Waals surface area contributed by atoms with Crippen molar-refractivity contribution < 1.29 is 9.84 Å². The van der Waals surface area contributed by atoms with Crippen LogP contribution >= 0.6 is 0 Å². The van der Waals surface area contributed by atoms with E-state index in [1.807, 2.05) is 6.26 Å². The Morgan fingerprint density at radius 3 is 2.87 bits per heavy atom. The molecule has 1 saturated carbocycles. The average molecular weight is 210 g/mol. The Bertz CT molecular complexity index is 259. The Kier molecular flexibility index (Phi) is 3.06. The minimum Gasteiger partial charge on any atom is -0.501 e. The van der Waals surface area contributed by atoms with Crippen LogP contribution in [0.2, 0.25) is 0 Å². The molecule has 0 saturated heterocycles. The first-order chi connectivity index (χ1) is 7.14. The molecule has 1 N–H and O–H groups in total. The lowest BCUT2D eigenvalue weighted by molar-refractivity contribution is -0.0393. The summed E-state index contributed by atoms with van der Waals surface area (Å²) in [5.74, 6) is 0.978. The molecule has 1 aliphatic heterocycles. The second-order valence-corrected chi connectivity index (χ2v) is 5.20. The van der Waals surface area contributed by atoms with Crippen LogP contribution < -0.4 is 0 Å². The van der Waals surface area contributed by atoms with E-state index in [2.05, 4.69) is 13.8 Å². The summed E-state index contributed by atoms with van der Waals surface area (Å²) < 4.78 is 5.36. The van der Waals surface area contributed by atoms with Gasteiger partial charge in [-0.3, -0.25) is 0 Å². The van der Waals surface area contributed by atoms with Crippen LogP contribution in [0.5, 0.6) is 0 Å². The first-order valence-electron chi connectivity index (χ1n) is 6.18. The number of hydrogen-bond acceptors (Lipinski definition) is 2. The number of hydrogen-bond donors (Lipinski definition) is 1. The highest BCUT2D eigenvalue weighted by Gasteiger charge is 2.42. The van der Waals surface area contributed by atoms with Gasteiger partial charge in [0.2, 0.25) is 0 Å². The summed E-state index contributed by atoms with van der Waals surface area (Å²) in [5, 5.41) is 10.8. The van der Waals surface area contributed by atoms with Crippen LogP contribution in [-0.2, 0) is 4.74 Å². The van der Waals surface area contributed by atoms with Gasteiger partial charge in [-0.15, -0.1) is 0 Å². The van der Waals surface area contributed by atoms with Gasteiger partial charge in [-0.2, -0.15) is 0 Å². The van der Waals surface area contributed by atoms with E-state index < -0.39 is 5.60 Å². The number of rotatable bonds is 1. The van der Waals surface area contributed by atoms with Crippen molar-refractivity contribution in [1.82, 2.24) is 0 Å². The monoisotopic (exact) mass is 210 g/mol. The molecule has 0 aromatic rings. The molecule has 2 rings (SSSR count). The Morgan fingerprint density at radius 1 is 1.40 bits per heavy atom. The zero-order chi connectivity index (χ0) is 10.9. The summed E-state index contributed by atoms with van der Waals surface area (Å²) in [4.78, 5) is 0. The molecule has 2 heteroatoms. The van der Waals surface area contributed by atoms with Gasteiger partial charge < -0.3 is 9.84 Å². The standard InChI is InChI=1S/C13H22O2/c1-10-5-3-7-13(14,11(10)2)12-6-4-8-15-9-12/h9-11,14H,3-8H2,1-2H3. The highest BCUT2D eigenvalue weighted by molar-refractivity contribution is 5.19. The average Bonchev–Trinajstić information content (AvgIpc) is 2.27. The fraction of sp³-hybridized carbons (Fsp3) is 0.846. The molecule has 0 bridgehead atoms. The van der Waals surface area contributed by atoms with Crippen LogP contribution in [0, 0.1) is 11.8 Å². The van der Waals surface area contributed by atoms with Gasteiger partial charge in [0.15, 0.2) is 0 Å². The second-order valence-electron chi connectivity index (χ2n) is 5.20. The topological polar surface area (TPSA) is 29.5 Å². The van der Waals surface area contributed by atoms with E-state index in [1.54, 1.807) is 0 Å². The van der Waals surface area contributed by atoms with Gasteiger partial charge in [-0.25, -0.2) is 0 Å².